The fraction of sp³-hybridized carbons (Fsp3) is 0.241. The van der Waals surface area contributed by atoms with E-state index < -0.39 is 29.9 Å². The molecule has 0 aliphatic rings. The number of aliphatic hydroxyl groups is 1. The lowest BCUT2D eigenvalue weighted by Gasteiger charge is -2.28. The van der Waals surface area contributed by atoms with Gasteiger partial charge in [-0.2, -0.15) is 0 Å². The highest BCUT2D eigenvalue weighted by molar-refractivity contribution is 5.92. The molecule has 0 spiro atoms. The maximum atomic E-state index is 13.1. The Hall–Kier alpha value is -4.30. The van der Waals surface area contributed by atoms with Gasteiger partial charge in [0.15, 0.2) is 5.69 Å². The molecule has 4 aromatic rings. The number of aromatic nitrogens is 3. The third kappa shape index (κ3) is 6.68. The number of hydrogen-bond acceptors (Lipinski definition) is 5. The number of carboxylic acids is 1. The van der Waals surface area contributed by atoms with Gasteiger partial charge in [-0.15, -0.1) is 5.10 Å². The van der Waals surface area contributed by atoms with Crippen LogP contribution in [0.4, 0.5) is 0 Å². The van der Waals surface area contributed by atoms with Crippen LogP contribution in [0.3, 0.4) is 0 Å². The van der Waals surface area contributed by atoms with Crippen molar-refractivity contribution < 1.29 is 19.8 Å². The molecule has 1 heterocycles. The molecule has 8 nitrogen and oxygen atoms in total. The number of nitrogens with zero attached hydrogens (tertiary/aromatic N) is 3. The van der Waals surface area contributed by atoms with Gasteiger partial charge >= 0.3 is 5.97 Å². The van der Waals surface area contributed by atoms with Crippen LogP contribution in [-0.2, 0) is 17.8 Å². The number of carboxylic acid groups (broad SMARTS) is 1. The molecule has 2 atom stereocenters. The van der Waals surface area contributed by atoms with Crippen molar-refractivity contribution >= 4 is 11.9 Å². The van der Waals surface area contributed by atoms with Crippen LogP contribution in [0.1, 0.15) is 35.0 Å². The van der Waals surface area contributed by atoms with E-state index in [1.807, 2.05) is 84.9 Å². The molecule has 4 rings (SSSR count). The van der Waals surface area contributed by atoms with E-state index in [-0.39, 0.29) is 12.1 Å². The minimum absolute atomic E-state index is 0.0448. The molecule has 0 unspecified atom stereocenters. The molecule has 37 heavy (non-hydrogen) atoms. The summed E-state index contributed by atoms with van der Waals surface area (Å²) in [5, 5.41) is 30.5. The minimum atomic E-state index is -1.41. The zero-order chi connectivity index (χ0) is 26.3. The molecule has 0 fully saturated rings. The molecule has 0 saturated carbocycles. The van der Waals surface area contributed by atoms with Gasteiger partial charge in [-0.1, -0.05) is 90.1 Å². The molecule has 190 valence electrons. The van der Waals surface area contributed by atoms with Crippen molar-refractivity contribution in [3.63, 3.8) is 0 Å². The number of aliphatic carboxylic acids is 1. The second kappa shape index (κ2) is 11.6. The van der Waals surface area contributed by atoms with Gasteiger partial charge in [-0.25, -0.2) is 4.68 Å². The van der Waals surface area contributed by atoms with Gasteiger partial charge in [0.1, 0.15) is 0 Å². The van der Waals surface area contributed by atoms with E-state index in [2.05, 4.69) is 15.6 Å². The quantitative estimate of drug-likeness (QED) is 0.290. The van der Waals surface area contributed by atoms with Crippen LogP contribution in [0, 0.1) is 5.41 Å². The third-order valence-corrected chi connectivity index (χ3v) is 6.40. The van der Waals surface area contributed by atoms with Crippen molar-refractivity contribution in [3.8, 4) is 11.1 Å². The maximum Gasteiger partial charge on any atom is 0.311 e. The lowest BCUT2D eigenvalue weighted by Crippen LogP contribution is -2.44. The molecule has 1 amide bonds. The first-order valence-electron chi connectivity index (χ1n) is 12.1. The summed E-state index contributed by atoms with van der Waals surface area (Å²) in [5.74, 6) is -1.57. The molecule has 3 N–H and O–H groups in total. The first-order chi connectivity index (χ1) is 17.9. The van der Waals surface area contributed by atoms with Gasteiger partial charge in [0.05, 0.1) is 24.8 Å². The van der Waals surface area contributed by atoms with E-state index in [1.54, 1.807) is 10.9 Å². The fourth-order valence-electron chi connectivity index (χ4n) is 4.20. The van der Waals surface area contributed by atoms with E-state index in [4.69, 9.17) is 0 Å². The molecule has 8 heteroatoms. The highest BCUT2D eigenvalue weighted by Gasteiger charge is 2.36. The molecule has 1 aromatic heterocycles. The highest BCUT2D eigenvalue weighted by Crippen LogP contribution is 2.26. The standard InChI is InChI=1S/C29H30N4O4/c1-29(20-34,28(36)37)17-25(16-21-12-14-24(15-13-21)23-10-6-3-7-11-23)30-27(35)26-19-33(32-31-26)18-22-8-4-2-5-9-22/h2-15,19,25,34H,16-18,20H2,1H3,(H,30,35)(H,36,37)/t25-,29+/m1/s1. The Morgan fingerprint density at radius 2 is 1.54 bits per heavy atom. The van der Waals surface area contributed by atoms with Crippen molar-refractivity contribution in [2.24, 2.45) is 5.41 Å². The minimum Gasteiger partial charge on any atom is -0.481 e. The predicted octanol–water partition coefficient (Wildman–Crippen LogP) is 3.81. The number of nitrogens with one attached hydrogen (secondary N) is 1. The zero-order valence-electron chi connectivity index (χ0n) is 20.6. The Bertz CT molecular complexity index is 1320. The predicted molar refractivity (Wildman–Crippen MR) is 140 cm³/mol. The molecule has 0 saturated heterocycles. The number of carbonyl (C=O) groups excluding carboxylic acids is 1. The van der Waals surface area contributed by atoms with Crippen molar-refractivity contribution in [1.82, 2.24) is 20.3 Å². The Kier molecular flexibility index (Phi) is 8.10. The number of benzene rings is 3. The first-order valence-corrected chi connectivity index (χ1v) is 12.1. The summed E-state index contributed by atoms with van der Waals surface area (Å²) >= 11 is 0. The average molecular weight is 499 g/mol. The summed E-state index contributed by atoms with van der Waals surface area (Å²) in [6.07, 6.45) is 2.00. The molecule has 0 aliphatic carbocycles. The topological polar surface area (TPSA) is 117 Å². The van der Waals surface area contributed by atoms with Gasteiger partial charge < -0.3 is 15.5 Å². The average Bonchev–Trinajstić information content (AvgIpc) is 3.38. The van der Waals surface area contributed by atoms with E-state index in [9.17, 15) is 19.8 Å². The van der Waals surface area contributed by atoms with Crippen LogP contribution in [0.5, 0.6) is 0 Å². The summed E-state index contributed by atoms with van der Waals surface area (Å²) < 4.78 is 1.58. The second-order valence-corrected chi connectivity index (χ2v) is 9.45. The molecule has 3 aromatic carbocycles. The zero-order valence-corrected chi connectivity index (χ0v) is 20.6. The van der Waals surface area contributed by atoms with E-state index in [1.165, 1.54) is 6.92 Å². The lowest BCUT2D eigenvalue weighted by molar-refractivity contribution is -0.151. The van der Waals surface area contributed by atoms with Crippen molar-refractivity contribution in [2.45, 2.75) is 32.4 Å². The van der Waals surface area contributed by atoms with Crippen LogP contribution < -0.4 is 5.32 Å². The molecule has 0 bridgehead atoms. The second-order valence-electron chi connectivity index (χ2n) is 9.45. The summed E-state index contributed by atoms with van der Waals surface area (Å²) in [5.41, 5.74) is 2.84. The van der Waals surface area contributed by atoms with Crippen molar-refractivity contribution in [1.29, 1.82) is 0 Å². The highest BCUT2D eigenvalue weighted by atomic mass is 16.4. The molecule has 0 radical (unpaired) electrons. The number of rotatable bonds is 11. The van der Waals surface area contributed by atoms with Crippen molar-refractivity contribution in [3.05, 3.63) is 108 Å². The summed E-state index contributed by atoms with van der Waals surface area (Å²) in [7, 11) is 0. The van der Waals surface area contributed by atoms with Crippen LogP contribution in [0.25, 0.3) is 11.1 Å². The van der Waals surface area contributed by atoms with Crippen LogP contribution in [-0.4, -0.2) is 49.7 Å². The SMILES string of the molecule is C[C@@](CO)(C[C@@H](Cc1ccc(-c2ccccc2)cc1)NC(=O)c1cn(Cc2ccccc2)nn1)C(=O)O. The largest absolute Gasteiger partial charge is 0.481 e. The number of amides is 1. The van der Waals surface area contributed by atoms with Gasteiger partial charge in [-0.05, 0) is 42.0 Å². The Morgan fingerprint density at radius 1 is 0.919 bits per heavy atom. The van der Waals surface area contributed by atoms with Gasteiger partial charge in [0, 0.05) is 6.04 Å². The molecular formula is C29H30N4O4. The Balaban J connectivity index is 1.50. The van der Waals surface area contributed by atoms with Crippen LogP contribution in [0.15, 0.2) is 91.1 Å². The number of hydrogen-bond donors (Lipinski definition) is 3. The first kappa shape index (κ1) is 25.8. The van der Waals surface area contributed by atoms with Crippen molar-refractivity contribution in [2.75, 3.05) is 6.61 Å². The molecule has 0 aliphatic heterocycles. The summed E-state index contributed by atoms with van der Waals surface area (Å²) in [6.45, 7) is 1.40. The monoisotopic (exact) mass is 498 g/mol. The Labute approximate surface area is 215 Å². The lowest BCUT2D eigenvalue weighted by atomic mass is 9.82. The van der Waals surface area contributed by atoms with Crippen LogP contribution in [0.2, 0.25) is 0 Å². The summed E-state index contributed by atoms with van der Waals surface area (Å²) in [6, 6.07) is 27.1. The smallest absolute Gasteiger partial charge is 0.311 e. The maximum absolute atomic E-state index is 13.1. The van der Waals surface area contributed by atoms with E-state index >= 15 is 0 Å². The Morgan fingerprint density at radius 3 is 2.16 bits per heavy atom. The van der Waals surface area contributed by atoms with Crippen LogP contribution >= 0.6 is 0 Å². The third-order valence-electron chi connectivity index (χ3n) is 6.40. The van der Waals surface area contributed by atoms with Gasteiger partial charge in [0.25, 0.3) is 5.91 Å². The van der Waals surface area contributed by atoms with Gasteiger partial charge in [-0.3, -0.25) is 9.59 Å². The number of aliphatic hydroxyl groups excluding tert-OH is 1. The normalized spacial score (nSPS) is 13.5. The van der Waals surface area contributed by atoms with E-state index in [0.717, 1.165) is 22.3 Å². The molecular weight excluding hydrogens is 468 g/mol. The fourth-order valence-corrected chi connectivity index (χ4v) is 4.20. The van der Waals surface area contributed by atoms with Gasteiger partial charge in [0.2, 0.25) is 0 Å². The summed E-state index contributed by atoms with van der Waals surface area (Å²) in [4.78, 5) is 24.9. The number of carbonyl (C=O) groups is 2. The van der Waals surface area contributed by atoms with E-state index in [0.29, 0.717) is 13.0 Å².